The van der Waals surface area contributed by atoms with Gasteiger partial charge in [0.2, 0.25) is 17.7 Å². The Morgan fingerprint density at radius 3 is 2.68 bits per heavy atom. The summed E-state index contributed by atoms with van der Waals surface area (Å²) in [6.45, 7) is 0.488. The number of rotatable bonds is 12. The van der Waals surface area contributed by atoms with Crippen LogP contribution in [0, 0.1) is 0 Å². The number of aromatic amines is 1. The van der Waals surface area contributed by atoms with Crippen molar-refractivity contribution in [1.29, 1.82) is 0 Å². The zero-order valence-corrected chi connectivity index (χ0v) is 19.9. The summed E-state index contributed by atoms with van der Waals surface area (Å²) in [7, 11) is 0. The van der Waals surface area contributed by atoms with Crippen LogP contribution in [0.1, 0.15) is 24.8 Å². The zero-order valence-electron chi connectivity index (χ0n) is 19.1. The molecule has 0 spiro atoms. The first-order valence-corrected chi connectivity index (χ1v) is 12.7. The molecule has 6 N–H and O–H groups in total. The molecule has 3 atom stereocenters. The average Bonchev–Trinajstić information content (AvgIpc) is 3.50. The molecule has 3 rings (SSSR count). The van der Waals surface area contributed by atoms with Gasteiger partial charge in [-0.3, -0.25) is 14.4 Å². The van der Waals surface area contributed by atoms with Crippen LogP contribution in [0.2, 0.25) is 0 Å². The number of hydrogen-bond donors (Lipinski definition) is 6. The van der Waals surface area contributed by atoms with Gasteiger partial charge in [-0.25, -0.2) is 4.79 Å². The molecule has 1 aliphatic heterocycles. The second kappa shape index (κ2) is 12.4. The molecule has 0 radical (unpaired) electrons. The number of carboxylic acids is 1. The second-order valence-electron chi connectivity index (χ2n) is 8.23. The summed E-state index contributed by atoms with van der Waals surface area (Å²) >= 11 is 1.48. The molecule has 3 amide bonds. The van der Waals surface area contributed by atoms with Crippen molar-refractivity contribution in [2.45, 2.75) is 43.8 Å². The maximum atomic E-state index is 13.1. The van der Waals surface area contributed by atoms with Crippen molar-refractivity contribution in [2.75, 3.05) is 25.1 Å². The van der Waals surface area contributed by atoms with Crippen LogP contribution >= 0.6 is 11.8 Å². The summed E-state index contributed by atoms with van der Waals surface area (Å²) in [5.74, 6) is -1.93. The summed E-state index contributed by atoms with van der Waals surface area (Å²) in [6.07, 6.45) is 5.67. The Morgan fingerprint density at radius 2 is 1.97 bits per heavy atom. The lowest BCUT2D eigenvalue weighted by Gasteiger charge is -2.22. The summed E-state index contributed by atoms with van der Waals surface area (Å²) < 4.78 is 0. The first-order chi connectivity index (χ1) is 16.4. The molecular weight excluding hydrogens is 458 g/mol. The van der Waals surface area contributed by atoms with Gasteiger partial charge in [-0.15, -0.1) is 0 Å². The molecule has 11 heteroatoms. The molecule has 1 aliphatic rings. The van der Waals surface area contributed by atoms with Gasteiger partial charge in [0.1, 0.15) is 12.1 Å². The predicted octanol–water partition coefficient (Wildman–Crippen LogP) is 0.386. The van der Waals surface area contributed by atoms with Crippen molar-refractivity contribution in [1.82, 2.24) is 26.3 Å². The van der Waals surface area contributed by atoms with E-state index < -0.39 is 29.9 Å². The van der Waals surface area contributed by atoms with Gasteiger partial charge >= 0.3 is 5.97 Å². The number of carboxylic acid groups (broad SMARTS) is 1. The number of H-pyrrole nitrogens is 1. The zero-order chi connectivity index (χ0) is 24.5. The van der Waals surface area contributed by atoms with Gasteiger partial charge in [-0.1, -0.05) is 18.2 Å². The van der Waals surface area contributed by atoms with Crippen molar-refractivity contribution in [2.24, 2.45) is 0 Å². The second-order valence-corrected chi connectivity index (χ2v) is 9.22. The maximum Gasteiger partial charge on any atom is 0.326 e. The van der Waals surface area contributed by atoms with E-state index in [1.807, 2.05) is 30.5 Å². The van der Waals surface area contributed by atoms with E-state index in [1.54, 1.807) is 6.20 Å². The molecular formula is C23H31N5O5S. The summed E-state index contributed by atoms with van der Waals surface area (Å²) in [5.41, 5.74) is 1.70. The normalized spacial score (nSPS) is 17.1. The van der Waals surface area contributed by atoms with Gasteiger partial charge in [0.05, 0.1) is 12.6 Å². The van der Waals surface area contributed by atoms with E-state index in [9.17, 15) is 24.3 Å². The highest BCUT2D eigenvalue weighted by Gasteiger charge is 2.28. The molecule has 0 saturated carbocycles. The van der Waals surface area contributed by atoms with Crippen LogP contribution in [0.15, 0.2) is 30.5 Å². The van der Waals surface area contributed by atoms with Gasteiger partial charge in [0.15, 0.2) is 0 Å². The Balaban J connectivity index is 1.69. The van der Waals surface area contributed by atoms with E-state index in [-0.39, 0.29) is 31.3 Å². The number of thioether (sulfide) groups is 1. The Kier molecular flexibility index (Phi) is 9.34. The largest absolute Gasteiger partial charge is 0.480 e. The fourth-order valence-corrected chi connectivity index (χ4v) is 4.41. The number of aromatic nitrogens is 1. The number of carbonyl (C=O) groups is 4. The SMILES string of the molecule is CSCCC(NC(=O)C(Cc1c[nH]c2ccccc12)NC(=O)CNC(=O)C1CCCN1)C(=O)O. The number of fused-ring (bicyclic) bond motifs is 1. The minimum Gasteiger partial charge on any atom is -0.480 e. The third kappa shape index (κ3) is 6.97. The van der Waals surface area contributed by atoms with Crippen LogP contribution < -0.4 is 21.3 Å². The van der Waals surface area contributed by atoms with Crippen LogP contribution in [0.4, 0.5) is 0 Å². The molecule has 1 saturated heterocycles. The van der Waals surface area contributed by atoms with E-state index >= 15 is 0 Å². The number of nitrogens with one attached hydrogen (secondary N) is 5. The molecule has 10 nitrogen and oxygen atoms in total. The predicted molar refractivity (Wildman–Crippen MR) is 131 cm³/mol. The molecule has 2 heterocycles. The van der Waals surface area contributed by atoms with E-state index in [0.717, 1.165) is 29.4 Å². The summed E-state index contributed by atoms with van der Waals surface area (Å²) in [6, 6.07) is 5.20. The number of benzene rings is 1. The van der Waals surface area contributed by atoms with Crippen LogP contribution in [0.3, 0.4) is 0 Å². The van der Waals surface area contributed by atoms with Crippen molar-refractivity contribution in [3.05, 3.63) is 36.0 Å². The highest BCUT2D eigenvalue weighted by atomic mass is 32.2. The van der Waals surface area contributed by atoms with Crippen LogP contribution in [0.25, 0.3) is 10.9 Å². The fraction of sp³-hybridized carbons (Fsp3) is 0.478. The monoisotopic (exact) mass is 489 g/mol. The molecule has 184 valence electrons. The van der Waals surface area contributed by atoms with E-state index in [4.69, 9.17) is 0 Å². The third-order valence-corrected chi connectivity index (χ3v) is 6.42. The molecule has 1 aromatic heterocycles. The first-order valence-electron chi connectivity index (χ1n) is 11.3. The van der Waals surface area contributed by atoms with E-state index in [0.29, 0.717) is 12.2 Å². The number of hydrogen-bond acceptors (Lipinski definition) is 6. The molecule has 0 bridgehead atoms. The highest BCUT2D eigenvalue weighted by molar-refractivity contribution is 7.98. The van der Waals surface area contributed by atoms with Crippen LogP contribution in [-0.4, -0.2) is 77.0 Å². The van der Waals surface area contributed by atoms with Gasteiger partial charge in [0, 0.05) is 23.5 Å². The van der Waals surface area contributed by atoms with Gasteiger partial charge in [0.25, 0.3) is 0 Å². The number of para-hydroxylation sites is 1. The minimum absolute atomic E-state index is 0.161. The van der Waals surface area contributed by atoms with Gasteiger partial charge in [-0.2, -0.15) is 11.8 Å². The lowest BCUT2D eigenvalue weighted by Crippen LogP contribution is -2.54. The van der Waals surface area contributed by atoms with Crippen LogP contribution in [0.5, 0.6) is 0 Å². The van der Waals surface area contributed by atoms with Crippen molar-refractivity contribution >= 4 is 46.4 Å². The Bertz CT molecular complexity index is 1020. The van der Waals surface area contributed by atoms with E-state index in [1.165, 1.54) is 11.8 Å². The average molecular weight is 490 g/mol. The van der Waals surface area contributed by atoms with Crippen molar-refractivity contribution < 1.29 is 24.3 Å². The Hall–Kier alpha value is -3.05. The molecule has 3 unspecified atom stereocenters. The van der Waals surface area contributed by atoms with E-state index in [2.05, 4.69) is 26.3 Å². The molecule has 1 aromatic carbocycles. The molecule has 34 heavy (non-hydrogen) atoms. The Morgan fingerprint density at radius 1 is 1.18 bits per heavy atom. The lowest BCUT2D eigenvalue weighted by molar-refractivity contribution is -0.142. The number of aliphatic carboxylic acids is 1. The standard InChI is InChI=1S/C23H31N5O5S/c1-34-10-8-18(23(32)33)28-22(31)19(11-14-12-25-16-6-3-2-5-15(14)16)27-20(29)13-26-21(30)17-7-4-9-24-17/h2-3,5-6,12,17-19,24-25H,4,7-11,13H2,1H3,(H,26,30)(H,27,29)(H,28,31)(H,32,33). The smallest absolute Gasteiger partial charge is 0.326 e. The fourth-order valence-electron chi connectivity index (χ4n) is 3.94. The molecule has 1 fully saturated rings. The highest BCUT2D eigenvalue weighted by Crippen LogP contribution is 2.19. The van der Waals surface area contributed by atoms with Crippen LogP contribution in [-0.2, 0) is 25.6 Å². The number of amides is 3. The topological polar surface area (TPSA) is 152 Å². The summed E-state index contributed by atoms with van der Waals surface area (Å²) in [4.78, 5) is 52.6. The van der Waals surface area contributed by atoms with Gasteiger partial charge in [-0.05, 0) is 49.4 Å². The molecule has 0 aliphatic carbocycles. The summed E-state index contributed by atoms with van der Waals surface area (Å²) in [5, 5.41) is 21.3. The minimum atomic E-state index is -1.13. The quantitative estimate of drug-likeness (QED) is 0.252. The Labute approximate surface area is 202 Å². The maximum absolute atomic E-state index is 13.1. The number of carbonyl (C=O) groups excluding carboxylic acids is 3. The third-order valence-electron chi connectivity index (χ3n) is 5.78. The van der Waals surface area contributed by atoms with Crippen molar-refractivity contribution in [3.63, 3.8) is 0 Å². The first kappa shape index (κ1) is 25.6. The molecule has 2 aromatic rings. The van der Waals surface area contributed by atoms with Crippen molar-refractivity contribution in [3.8, 4) is 0 Å². The lowest BCUT2D eigenvalue weighted by atomic mass is 10.0. The van der Waals surface area contributed by atoms with Gasteiger partial charge < -0.3 is 31.4 Å².